The zero-order chi connectivity index (χ0) is 50.1. The highest BCUT2D eigenvalue weighted by Gasteiger charge is 2.28. The molecule has 0 aliphatic rings. The van der Waals surface area contributed by atoms with E-state index in [9.17, 15) is 36.0 Å². The summed E-state index contributed by atoms with van der Waals surface area (Å²) in [5.41, 5.74) is 3.74. The normalized spacial score (nSPS) is 11.5. The average molecular weight is 987 g/mol. The Morgan fingerprint density at radius 1 is 0.507 bits per heavy atom. The van der Waals surface area contributed by atoms with Gasteiger partial charge in [-0.15, -0.1) is 0 Å². The van der Waals surface area contributed by atoms with Crippen molar-refractivity contribution < 1.29 is 72.8 Å². The number of hydrogen-bond acceptors (Lipinski definition) is 16. The summed E-state index contributed by atoms with van der Waals surface area (Å²) in [6.45, 7) is 6.97. The molecule has 0 heterocycles. The second-order valence-electron chi connectivity index (χ2n) is 16.9. The van der Waals surface area contributed by atoms with E-state index in [4.69, 9.17) is 36.8 Å². The molecule has 0 fully saturated rings. The predicted molar refractivity (Wildman–Crippen MR) is 256 cm³/mol. The number of methoxy groups -OCH3 is 3. The summed E-state index contributed by atoms with van der Waals surface area (Å²) < 4.78 is 85.0. The van der Waals surface area contributed by atoms with Crippen LogP contribution in [0.15, 0.2) is 36.4 Å². The fraction of sp³-hybridized carbons (Fsp3) is 0.673. The van der Waals surface area contributed by atoms with Gasteiger partial charge in [0.05, 0.1) is 72.3 Å². The maximum absolute atomic E-state index is 11.9. The van der Waals surface area contributed by atoms with Crippen molar-refractivity contribution in [1.29, 1.82) is 0 Å². The summed E-state index contributed by atoms with van der Waals surface area (Å²) in [4.78, 5) is 46.1. The number of carbonyl (C=O) groups excluding carboxylic acids is 4. The summed E-state index contributed by atoms with van der Waals surface area (Å²) in [5, 5.41) is 0. The van der Waals surface area contributed by atoms with Crippen molar-refractivity contribution in [1.82, 2.24) is 0 Å². The molecule has 2 aromatic carbocycles. The zero-order valence-electron chi connectivity index (χ0n) is 41.3. The van der Waals surface area contributed by atoms with Crippen LogP contribution in [0.3, 0.4) is 0 Å². The summed E-state index contributed by atoms with van der Waals surface area (Å²) in [5.74, 6) is 0.507. The molecule has 0 unspecified atom stereocenters. The Hall–Kier alpha value is -4.26. The van der Waals surface area contributed by atoms with Crippen molar-refractivity contribution in [3.8, 4) is 11.5 Å². The summed E-state index contributed by atoms with van der Waals surface area (Å²) in [7, 11) is -2.61. The molecule has 18 heteroatoms. The standard InChI is InChI=1S/C25H40O8S.C24H38O8S/c1-25(2,24(27)31-4)17-11-18-32-22-14-10-13-20(21(22)15-16-23(26)30-3)12-8-6-7-9-19-33-34(5,28)29;1-20(25)30-17-8-6-9-18-31-23-14-11-13-21(22(23)15-16-24(26)29-2)12-7-4-5-10-19-32-33(3,27)28/h10,13-14H,6-9,11-12,15-19H2,1-5H3;11,13-14H,4-10,12,15-19H2,1-3H3. The number of rotatable bonds is 35. The fourth-order valence-corrected chi connectivity index (χ4v) is 7.84. The lowest BCUT2D eigenvalue weighted by molar-refractivity contribution is -0.151. The van der Waals surface area contributed by atoms with Crippen molar-refractivity contribution in [3.05, 3.63) is 58.7 Å². The third-order valence-electron chi connectivity index (χ3n) is 10.6. The van der Waals surface area contributed by atoms with E-state index >= 15 is 0 Å². The highest BCUT2D eigenvalue weighted by Crippen LogP contribution is 2.29. The van der Waals surface area contributed by atoms with Gasteiger partial charge in [-0.2, -0.15) is 16.8 Å². The summed E-state index contributed by atoms with van der Waals surface area (Å²) >= 11 is 0. The second-order valence-corrected chi connectivity index (χ2v) is 20.2. The molecule has 0 bridgehead atoms. The molecular formula is C49H78O16S2. The molecule has 0 saturated carbocycles. The van der Waals surface area contributed by atoms with Gasteiger partial charge in [0, 0.05) is 19.8 Å². The van der Waals surface area contributed by atoms with Gasteiger partial charge in [-0.3, -0.25) is 27.5 Å². The van der Waals surface area contributed by atoms with E-state index < -0.39 is 25.7 Å². The van der Waals surface area contributed by atoms with Crippen LogP contribution in [0.2, 0.25) is 0 Å². The Morgan fingerprint density at radius 2 is 0.910 bits per heavy atom. The van der Waals surface area contributed by atoms with Crippen molar-refractivity contribution in [2.45, 2.75) is 143 Å². The van der Waals surface area contributed by atoms with E-state index in [1.807, 2.05) is 44.2 Å². The number of benzene rings is 2. The Kier molecular flexibility index (Phi) is 30.9. The van der Waals surface area contributed by atoms with Gasteiger partial charge in [0.2, 0.25) is 0 Å². The largest absolute Gasteiger partial charge is 0.493 e. The Balaban J connectivity index is 0.000000670. The van der Waals surface area contributed by atoms with Crippen LogP contribution in [-0.2, 0) is 92.4 Å². The molecule has 67 heavy (non-hydrogen) atoms. The molecule has 0 aliphatic heterocycles. The smallest absolute Gasteiger partial charge is 0.311 e. The van der Waals surface area contributed by atoms with Crippen LogP contribution >= 0.6 is 0 Å². The second kappa shape index (κ2) is 34.1. The van der Waals surface area contributed by atoms with E-state index in [1.54, 1.807) is 0 Å². The molecule has 0 aromatic heterocycles. The van der Waals surface area contributed by atoms with E-state index in [0.717, 1.165) is 117 Å². The Labute approximate surface area is 400 Å². The van der Waals surface area contributed by atoms with E-state index in [1.165, 1.54) is 28.3 Å². The molecule has 0 atom stereocenters. The molecule has 0 spiro atoms. The maximum atomic E-state index is 11.9. The topological polar surface area (TPSA) is 210 Å². The lowest BCUT2D eigenvalue weighted by atomic mass is 9.88. The summed E-state index contributed by atoms with van der Waals surface area (Å²) in [6, 6.07) is 11.9. The predicted octanol–water partition coefficient (Wildman–Crippen LogP) is 8.21. The first-order chi connectivity index (χ1) is 31.7. The van der Waals surface area contributed by atoms with Crippen molar-refractivity contribution in [2.75, 3.05) is 66.9 Å². The van der Waals surface area contributed by atoms with E-state index in [2.05, 4.69) is 6.07 Å². The lowest BCUT2D eigenvalue weighted by Gasteiger charge is -2.21. The van der Waals surface area contributed by atoms with Gasteiger partial charge in [0.25, 0.3) is 20.2 Å². The van der Waals surface area contributed by atoms with Crippen molar-refractivity contribution in [3.63, 3.8) is 0 Å². The van der Waals surface area contributed by atoms with Gasteiger partial charge in [-0.25, -0.2) is 0 Å². The highest BCUT2D eigenvalue weighted by molar-refractivity contribution is 7.86. The van der Waals surface area contributed by atoms with Gasteiger partial charge in [-0.1, -0.05) is 49.9 Å². The molecule has 0 N–H and O–H groups in total. The minimum atomic E-state index is -3.38. The molecule has 2 aromatic rings. The van der Waals surface area contributed by atoms with Crippen molar-refractivity contribution in [2.24, 2.45) is 5.41 Å². The number of hydrogen-bond donors (Lipinski definition) is 0. The van der Waals surface area contributed by atoms with Crippen LogP contribution in [0.25, 0.3) is 0 Å². The van der Waals surface area contributed by atoms with Crippen LogP contribution in [0.5, 0.6) is 11.5 Å². The third-order valence-corrected chi connectivity index (χ3v) is 11.8. The number of esters is 4. The van der Waals surface area contributed by atoms with E-state index in [-0.39, 0.29) is 49.9 Å². The first kappa shape index (κ1) is 60.8. The van der Waals surface area contributed by atoms with Gasteiger partial charge in [0.1, 0.15) is 11.5 Å². The van der Waals surface area contributed by atoms with Gasteiger partial charge < -0.3 is 28.4 Å². The quantitative estimate of drug-likeness (QED) is 0.0276. The molecule has 0 aliphatic carbocycles. The molecular weight excluding hydrogens is 909 g/mol. The van der Waals surface area contributed by atoms with Crippen LogP contribution in [0.4, 0.5) is 0 Å². The number of ether oxygens (including phenoxy) is 6. The average Bonchev–Trinajstić information content (AvgIpc) is 3.27. The first-order valence-electron chi connectivity index (χ1n) is 23.2. The first-order valence-corrected chi connectivity index (χ1v) is 26.9. The van der Waals surface area contributed by atoms with Crippen LogP contribution in [0, 0.1) is 5.41 Å². The Morgan fingerprint density at radius 3 is 1.33 bits per heavy atom. The lowest BCUT2D eigenvalue weighted by Crippen LogP contribution is -2.26. The van der Waals surface area contributed by atoms with Gasteiger partial charge in [0.15, 0.2) is 0 Å². The molecule has 2 rings (SSSR count). The van der Waals surface area contributed by atoms with Crippen LogP contribution in [-0.4, -0.2) is 108 Å². The van der Waals surface area contributed by atoms with Crippen LogP contribution < -0.4 is 9.47 Å². The number of carbonyl (C=O) groups is 4. The molecule has 16 nitrogen and oxygen atoms in total. The zero-order valence-corrected chi connectivity index (χ0v) is 42.9. The summed E-state index contributed by atoms with van der Waals surface area (Å²) in [6.07, 6.45) is 16.2. The minimum absolute atomic E-state index is 0.208. The monoisotopic (exact) mass is 986 g/mol. The highest BCUT2D eigenvalue weighted by atomic mass is 32.2. The SMILES string of the molecule is COC(=O)CCc1c(CCCCCCOS(C)(=O)=O)cccc1OCCCC(C)(C)C(=O)OC.COC(=O)CCc1c(CCCCCCOS(C)(=O)=O)cccc1OCCCCCOC(C)=O. The molecule has 0 amide bonds. The molecule has 0 saturated heterocycles. The van der Waals surface area contributed by atoms with E-state index in [0.29, 0.717) is 58.3 Å². The number of aryl methyl sites for hydroxylation is 2. The fourth-order valence-electron chi connectivity index (χ4n) is 7.00. The van der Waals surface area contributed by atoms with Gasteiger partial charge in [-0.05, 0) is 132 Å². The minimum Gasteiger partial charge on any atom is -0.493 e. The number of unbranched alkanes of at least 4 members (excludes halogenated alkanes) is 8. The van der Waals surface area contributed by atoms with Gasteiger partial charge >= 0.3 is 23.9 Å². The molecule has 382 valence electrons. The van der Waals surface area contributed by atoms with Crippen LogP contribution in [0.1, 0.15) is 139 Å². The maximum Gasteiger partial charge on any atom is 0.311 e. The molecule has 0 radical (unpaired) electrons. The third kappa shape index (κ3) is 30.0. The Bertz CT molecular complexity index is 1980. The van der Waals surface area contributed by atoms with Crippen molar-refractivity contribution >= 4 is 44.1 Å².